The fraction of sp³-hybridized carbons (Fsp3) is 0.500. The Hall–Kier alpha value is -0.760. The lowest BCUT2D eigenvalue weighted by Crippen LogP contribution is -2.37. The molecule has 1 aromatic carbocycles. The Balaban J connectivity index is 1.78. The molecule has 1 fully saturated rings. The lowest BCUT2D eigenvalue weighted by Gasteiger charge is -2.11. The van der Waals surface area contributed by atoms with Gasteiger partial charge in [-0.05, 0) is 24.6 Å². The lowest BCUT2D eigenvalue weighted by atomic mass is 10.3. The van der Waals surface area contributed by atoms with Crippen LogP contribution in [0, 0.1) is 0 Å². The van der Waals surface area contributed by atoms with Crippen LogP contribution in [0.1, 0.15) is 6.42 Å². The highest BCUT2D eigenvalue weighted by molar-refractivity contribution is 8.00. The van der Waals surface area contributed by atoms with E-state index in [0.29, 0.717) is 24.7 Å². The largest absolute Gasteiger partial charge is 0.399 e. The highest BCUT2D eigenvalue weighted by Gasteiger charge is 2.21. The molecule has 0 radical (unpaired) electrons. The second kappa shape index (κ2) is 6.60. The Morgan fingerprint density at radius 1 is 1.47 bits per heavy atom. The van der Waals surface area contributed by atoms with Gasteiger partial charge in [-0.3, -0.25) is 0 Å². The summed E-state index contributed by atoms with van der Waals surface area (Å²) in [5, 5.41) is 0. The Morgan fingerprint density at radius 3 is 3.00 bits per heavy atom. The summed E-state index contributed by atoms with van der Waals surface area (Å²) in [5.41, 5.74) is 6.36. The smallest absolute Gasteiger partial charge is 0.212 e. The van der Waals surface area contributed by atoms with Crippen molar-refractivity contribution in [2.75, 3.05) is 30.5 Å². The van der Waals surface area contributed by atoms with E-state index in [9.17, 15) is 8.42 Å². The summed E-state index contributed by atoms with van der Waals surface area (Å²) in [6, 6.07) is 7.37. The molecule has 0 saturated carbocycles. The second-order valence-corrected chi connectivity index (χ2v) is 7.46. The van der Waals surface area contributed by atoms with Crippen LogP contribution < -0.4 is 10.5 Å². The molecule has 5 nitrogen and oxygen atoms in total. The average Bonchev–Trinajstić information content (AvgIpc) is 2.80. The maximum atomic E-state index is 11.8. The Kier molecular flexibility index (Phi) is 5.09. The summed E-state index contributed by atoms with van der Waals surface area (Å²) >= 11 is 1.49. The van der Waals surface area contributed by atoms with Gasteiger partial charge in [0.05, 0.1) is 12.4 Å². The Bertz CT molecular complexity index is 513. The molecule has 106 valence electrons. The summed E-state index contributed by atoms with van der Waals surface area (Å²) in [6.07, 6.45) is 0.752. The number of benzene rings is 1. The Labute approximate surface area is 118 Å². The zero-order chi connectivity index (χ0) is 13.7. The minimum atomic E-state index is -3.23. The summed E-state index contributed by atoms with van der Waals surface area (Å²) < 4.78 is 31.5. The van der Waals surface area contributed by atoms with Gasteiger partial charge in [0.15, 0.2) is 0 Å². The Morgan fingerprint density at radius 2 is 2.32 bits per heavy atom. The van der Waals surface area contributed by atoms with Crippen LogP contribution >= 0.6 is 11.8 Å². The molecule has 1 saturated heterocycles. The van der Waals surface area contributed by atoms with Gasteiger partial charge in [0.2, 0.25) is 10.0 Å². The van der Waals surface area contributed by atoms with Crippen molar-refractivity contribution < 1.29 is 13.2 Å². The highest BCUT2D eigenvalue weighted by atomic mass is 32.2. The van der Waals surface area contributed by atoms with E-state index >= 15 is 0 Å². The molecular weight excluding hydrogens is 284 g/mol. The van der Waals surface area contributed by atoms with Crippen LogP contribution in [0.3, 0.4) is 0 Å². The van der Waals surface area contributed by atoms with Crippen molar-refractivity contribution in [2.24, 2.45) is 0 Å². The first-order chi connectivity index (χ1) is 9.05. The van der Waals surface area contributed by atoms with Crippen LogP contribution in [-0.2, 0) is 14.8 Å². The third-order valence-electron chi connectivity index (χ3n) is 2.75. The van der Waals surface area contributed by atoms with Crippen LogP contribution in [-0.4, -0.2) is 39.2 Å². The summed E-state index contributed by atoms with van der Waals surface area (Å²) in [7, 11) is -3.23. The van der Waals surface area contributed by atoms with Crippen molar-refractivity contribution in [1.29, 1.82) is 0 Å². The van der Waals surface area contributed by atoms with Gasteiger partial charge in [-0.25, -0.2) is 13.1 Å². The predicted molar refractivity (Wildman–Crippen MR) is 77.7 cm³/mol. The second-order valence-electron chi connectivity index (χ2n) is 4.42. The number of sulfonamides is 1. The normalized spacial score (nSPS) is 19.7. The zero-order valence-corrected chi connectivity index (χ0v) is 12.2. The molecule has 19 heavy (non-hydrogen) atoms. The van der Waals surface area contributed by atoms with Gasteiger partial charge >= 0.3 is 0 Å². The van der Waals surface area contributed by atoms with E-state index in [2.05, 4.69) is 4.72 Å². The standard InChI is InChI=1S/C12H18N2O3S2/c13-10-2-1-3-12(8-10)18-6-7-19(15,16)14-11-4-5-17-9-11/h1-3,8,11,14H,4-7,9,13H2. The highest BCUT2D eigenvalue weighted by Crippen LogP contribution is 2.20. The molecule has 7 heteroatoms. The van der Waals surface area contributed by atoms with Crippen LogP contribution in [0.2, 0.25) is 0 Å². The molecule has 2 rings (SSSR count). The number of rotatable bonds is 6. The predicted octanol–water partition coefficient (Wildman–Crippen LogP) is 1.07. The third kappa shape index (κ3) is 5.02. The van der Waals surface area contributed by atoms with Gasteiger partial charge < -0.3 is 10.5 Å². The van der Waals surface area contributed by atoms with Crippen molar-refractivity contribution in [1.82, 2.24) is 4.72 Å². The minimum absolute atomic E-state index is 0.0673. The maximum Gasteiger partial charge on any atom is 0.212 e. The summed E-state index contributed by atoms with van der Waals surface area (Å²) in [6.45, 7) is 1.10. The fourth-order valence-electron chi connectivity index (χ4n) is 1.81. The molecule has 0 spiro atoms. The van der Waals surface area contributed by atoms with Gasteiger partial charge in [0.25, 0.3) is 0 Å². The number of thioether (sulfide) groups is 1. The quantitative estimate of drug-likeness (QED) is 0.607. The monoisotopic (exact) mass is 302 g/mol. The molecule has 0 aromatic heterocycles. The molecule has 1 unspecified atom stereocenters. The van der Waals surface area contributed by atoms with E-state index in [1.54, 1.807) is 0 Å². The fourth-order valence-corrected chi connectivity index (χ4v) is 4.47. The number of nitrogens with two attached hydrogens (primary N) is 1. The minimum Gasteiger partial charge on any atom is -0.399 e. The molecule has 0 aliphatic carbocycles. The van der Waals surface area contributed by atoms with Crippen molar-refractivity contribution in [2.45, 2.75) is 17.4 Å². The van der Waals surface area contributed by atoms with E-state index < -0.39 is 10.0 Å². The molecule has 1 atom stereocenters. The van der Waals surface area contributed by atoms with Crippen molar-refractivity contribution in [3.8, 4) is 0 Å². The number of nitrogen functional groups attached to an aromatic ring is 1. The van der Waals surface area contributed by atoms with Gasteiger partial charge in [-0.2, -0.15) is 0 Å². The topological polar surface area (TPSA) is 81.4 Å². The SMILES string of the molecule is Nc1cccc(SCCS(=O)(=O)NC2CCOC2)c1. The molecule has 0 amide bonds. The number of anilines is 1. The molecular formula is C12H18N2O3S2. The average molecular weight is 302 g/mol. The number of hydrogen-bond donors (Lipinski definition) is 2. The first-order valence-electron chi connectivity index (χ1n) is 6.11. The molecule has 1 aromatic rings. The summed E-state index contributed by atoms with van der Waals surface area (Å²) in [5.74, 6) is 0.606. The van der Waals surface area contributed by atoms with E-state index in [0.717, 1.165) is 11.3 Å². The third-order valence-corrected chi connectivity index (χ3v) is 5.44. The van der Waals surface area contributed by atoms with Crippen molar-refractivity contribution >= 4 is 27.5 Å². The van der Waals surface area contributed by atoms with Crippen LogP contribution in [0.5, 0.6) is 0 Å². The molecule has 3 N–H and O–H groups in total. The van der Waals surface area contributed by atoms with Crippen LogP contribution in [0.15, 0.2) is 29.2 Å². The van der Waals surface area contributed by atoms with Crippen LogP contribution in [0.25, 0.3) is 0 Å². The lowest BCUT2D eigenvalue weighted by molar-refractivity contribution is 0.192. The van der Waals surface area contributed by atoms with Gasteiger partial charge in [-0.1, -0.05) is 6.07 Å². The van der Waals surface area contributed by atoms with E-state index in [4.69, 9.17) is 10.5 Å². The molecule has 0 bridgehead atoms. The van der Waals surface area contributed by atoms with Gasteiger partial charge in [0.1, 0.15) is 0 Å². The molecule has 1 heterocycles. The van der Waals surface area contributed by atoms with Gasteiger partial charge in [-0.15, -0.1) is 11.8 Å². The van der Waals surface area contributed by atoms with E-state index in [-0.39, 0.29) is 11.8 Å². The first-order valence-corrected chi connectivity index (χ1v) is 8.75. The van der Waals surface area contributed by atoms with E-state index in [1.165, 1.54) is 11.8 Å². The maximum absolute atomic E-state index is 11.8. The molecule has 1 aliphatic rings. The first kappa shape index (κ1) is 14.6. The van der Waals surface area contributed by atoms with Gasteiger partial charge in [0, 0.05) is 29.0 Å². The van der Waals surface area contributed by atoms with Crippen molar-refractivity contribution in [3.63, 3.8) is 0 Å². The molecule has 1 aliphatic heterocycles. The van der Waals surface area contributed by atoms with Crippen LogP contribution in [0.4, 0.5) is 5.69 Å². The number of ether oxygens (including phenoxy) is 1. The zero-order valence-electron chi connectivity index (χ0n) is 10.5. The van der Waals surface area contributed by atoms with Crippen molar-refractivity contribution in [3.05, 3.63) is 24.3 Å². The number of hydrogen-bond acceptors (Lipinski definition) is 5. The summed E-state index contributed by atoms with van der Waals surface area (Å²) in [4.78, 5) is 0.986. The van der Waals surface area contributed by atoms with E-state index in [1.807, 2.05) is 24.3 Å². The number of nitrogens with one attached hydrogen (secondary N) is 1.